The van der Waals surface area contributed by atoms with Gasteiger partial charge in [-0.1, -0.05) is 0 Å². The second-order valence-electron chi connectivity index (χ2n) is 4.69. The third kappa shape index (κ3) is 4.66. The molecule has 23 heavy (non-hydrogen) atoms. The van der Waals surface area contributed by atoms with Gasteiger partial charge in [-0.05, 0) is 0 Å². The van der Waals surface area contributed by atoms with Gasteiger partial charge in [0, 0.05) is 0 Å². The molecule has 0 aromatic rings. The Kier molecular flexibility index (Phi) is 8.18. The third-order valence-corrected chi connectivity index (χ3v) is 9.32. The van der Waals surface area contributed by atoms with Gasteiger partial charge in [0.25, 0.3) is 0 Å². The number of rotatable bonds is 1. The van der Waals surface area contributed by atoms with Gasteiger partial charge in [-0.25, -0.2) is 0 Å². The van der Waals surface area contributed by atoms with Crippen molar-refractivity contribution in [2.45, 2.75) is 13.4 Å². The molecule has 0 aromatic heterocycles. The van der Waals surface area contributed by atoms with Crippen molar-refractivity contribution in [3.63, 3.8) is 0 Å². The van der Waals surface area contributed by atoms with E-state index in [1.54, 1.807) is 0 Å². The van der Waals surface area contributed by atoms with Gasteiger partial charge >= 0.3 is 123 Å². The van der Waals surface area contributed by atoms with Crippen LogP contribution in [0.2, 0.25) is 0 Å². The molecule has 3 nitrogen and oxygen atoms in total. The van der Waals surface area contributed by atoms with E-state index in [4.69, 9.17) is 0 Å². The summed E-state index contributed by atoms with van der Waals surface area (Å²) in [6, 6.07) is 0. The zero-order chi connectivity index (χ0) is 17.2. The van der Waals surface area contributed by atoms with Crippen molar-refractivity contribution in [2.24, 2.45) is 0 Å². The van der Waals surface area contributed by atoms with Crippen LogP contribution in [0.1, 0.15) is 0 Å². The zero-order valence-corrected chi connectivity index (χ0v) is 13.9. The molecule has 1 heterocycles. The second-order valence-corrected chi connectivity index (χ2v) is 10.6. The molecular formula is C9H15ClF9N3Ti. The first kappa shape index (κ1) is 23.3. The molecule has 0 unspecified atom stereocenters. The predicted octanol–water partition coefficient (Wildman–Crippen LogP) is 2.53. The van der Waals surface area contributed by atoms with Gasteiger partial charge < -0.3 is 0 Å². The van der Waals surface area contributed by atoms with Crippen LogP contribution in [0, 0.1) is 0 Å². The fraction of sp³-hybridized carbons (Fsp3) is 1.00. The number of alkyl halides is 9. The molecule has 0 bridgehead atoms. The van der Waals surface area contributed by atoms with Crippen LogP contribution >= 0.6 is 12.4 Å². The molecule has 0 saturated carbocycles. The summed E-state index contributed by atoms with van der Waals surface area (Å²) in [5.74, 6) is 0. The van der Waals surface area contributed by atoms with Crippen LogP contribution in [0.25, 0.3) is 0 Å². The Balaban J connectivity index is 0.00000484. The minimum atomic E-state index is -8.50. The van der Waals surface area contributed by atoms with E-state index < -0.39 is 46.8 Å². The van der Waals surface area contributed by atoms with Crippen molar-refractivity contribution < 1.29 is 56.4 Å². The maximum absolute atomic E-state index is 13.0. The predicted molar refractivity (Wildman–Crippen MR) is 62.7 cm³/mol. The van der Waals surface area contributed by atoms with Crippen molar-refractivity contribution in [3.8, 4) is 0 Å². The number of hydrogen-bond acceptors (Lipinski definition) is 3. The van der Waals surface area contributed by atoms with Gasteiger partial charge in [-0.2, -0.15) is 0 Å². The van der Waals surface area contributed by atoms with Crippen molar-refractivity contribution >= 4 is 12.4 Å². The topological polar surface area (TPSA) is 27.3 Å². The summed E-state index contributed by atoms with van der Waals surface area (Å²) in [5.41, 5.74) is 0. The van der Waals surface area contributed by atoms with Gasteiger partial charge in [-0.3, -0.25) is 0 Å². The van der Waals surface area contributed by atoms with E-state index in [0.717, 1.165) is 0 Å². The van der Waals surface area contributed by atoms with E-state index in [1.165, 1.54) is 0 Å². The van der Waals surface area contributed by atoms with E-state index in [9.17, 15) is 39.5 Å². The van der Waals surface area contributed by atoms with Gasteiger partial charge in [0.2, 0.25) is 0 Å². The van der Waals surface area contributed by atoms with Gasteiger partial charge in [0.05, 0.1) is 0 Å². The fourth-order valence-electron chi connectivity index (χ4n) is 2.32. The summed E-state index contributed by atoms with van der Waals surface area (Å²) in [6.45, 7) is -2.18. The van der Waals surface area contributed by atoms with Crippen LogP contribution in [-0.4, -0.2) is 56.1 Å². The summed E-state index contributed by atoms with van der Waals surface area (Å²) in [4.78, 5) is 0. The molecule has 2 N–H and O–H groups in total. The van der Waals surface area contributed by atoms with Crippen molar-refractivity contribution in [3.05, 3.63) is 0 Å². The Hall–Kier alpha value is 0.254. The quantitative estimate of drug-likeness (QED) is 0.505. The fourth-order valence-corrected chi connectivity index (χ4v) is 6.90. The molecule has 0 aromatic carbocycles. The Bertz CT molecular complexity index is 325. The SMILES string of the molecule is Cl.F[C](F)(F)[Ti]([N]1CCNCCNCC1)([C](F)(F)F)[C](F)(F)F. The first-order chi connectivity index (χ1) is 9.86. The molecule has 0 amide bonds. The van der Waals surface area contributed by atoms with E-state index in [2.05, 4.69) is 10.6 Å². The Labute approximate surface area is 136 Å². The van der Waals surface area contributed by atoms with Crippen molar-refractivity contribution in [1.29, 1.82) is 0 Å². The monoisotopic (exact) mass is 419 g/mol. The zero-order valence-electron chi connectivity index (χ0n) is 11.5. The average Bonchev–Trinajstić information content (AvgIpc) is 2.37. The standard InChI is InChI=1S/C6H14N3.3CF3.ClH.Ti/c1-2-8-5-6-9-4-3-7-1;3*2-1(3)4;;/h7-8H,1-6H2;;;;1H;/q-1;;;;;+1. The Morgan fingerprint density at radius 2 is 0.913 bits per heavy atom. The summed E-state index contributed by atoms with van der Waals surface area (Å²) in [5, 5.41) is 5.01. The molecule has 0 atom stereocenters. The van der Waals surface area contributed by atoms with Crippen LogP contribution in [0.15, 0.2) is 0 Å². The first-order valence-corrected chi connectivity index (χ1v) is 9.26. The number of nitrogens with zero attached hydrogens (tertiary/aromatic N) is 1. The van der Waals surface area contributed by atoms with E-state index in [1.807, 2.05) is 0 Å². The Morgan fingerprint density at radius 1 is 0.609 bits per heavy atom. The molecule has 1 saturated heterocycles. The molecular weight excluding hydrogens is 404 g/mol. The molecule has 1 fully saturated rings. The van der Waals surface area contributed by atoms with Crippen LogP contribution in [0.4, 0.5) is 39.5 Å². The molecule has 1 aliphatic rings. The number of hydrogen-bond donors (Lipinski definition) is 2. The van der Waals surface area contributed by atoms with Crippen molar-refractivity contribution in [2.75, 3.05) is 39.3 Å². The van der Waals surface area contributed by atoms with E-state index in [0.29, 0.717) is 0 Å². The minimum absolute atomic E-state index is 0. The van der Waals surface area contributed by atoms with Crippen LogP contribution in [0.5, 0.6) is 0 Å². The molecule has 1 aliphatic heterocycles. The molecule has 0 aliphatic carbocycles. The summed E-state index contributed by atoms with van der Waals surface area (Å²) < 4.78 is 97.9. The second kappa shape index (κ2) is 8.09. The molecule has 0 radical (unpaired) electrons. The van der Waals surface area contributed by atoms with Gasteiger partial charge in [0.1, 0.15) is 0 Å². The van der Waals surface area contributed by atoms with Crippen LogP contribution < -0.4 is 10.6 Å². The maximum atomic E-state index is 13.0. The van der Waals surface area contributed by atoms with E-state index >= 15 is 0 Å². The number of halogens is 10. The van der Waals surface area contributed by atoms with Gasteiger partial charge in [-0.15, -0.1) is 12.4 Å². The number of nitrogens with one attached hydrogen (secondary N) is 2. The summed E-state index contributed by atoms with van der Waals surface area (Å²) >= 11 is -8.50. The molecule has 14 heteroatoms. The van der Waals surface area contributed by atoms with Gasteiger partial charge in [0.15, 0.2) is 0 Å². The normalized spacial score (nSPS) is 20.2. The Morgan fingerprint density at radius 3 is 1.17 bits per heavy atom. The van der Waals surface area contributed by atoms with Crippen LogP contribution in [-0.2, 0) is 16.8 Å². The van der Waals surface area contributed by atoms with Crippen molar-refractivity contribution in [1.82, 2.24) is 14.0 Å². The molecule has 0 spiro atoms. The van der Waals surface area contributed by atoms with E-state index in [-0.39, 0.29) is 38.6 Å². The average molecular weight is 420 g/mol. The third-order valence-electron chi connectivity index (χ3n) is 3.30. The molecule has 1 rings (SSSR count). The summed E-state index contributed by atoms with van der Waals surface area (Å²) in [6.07, 6.45) is 0. The first-order valence-electron chi connectivity index (χ1n) is 6.22. The summed E-state index contributed by atoms with van der Waals surface area (Å²) in [7, 11) is 0. The van der Waals surface area contributed by atoms with Crippen LogP contribution in [0.3, 0.4) is 0 Å². The molecule has 140 valence electrons.